The van der Waals surface area contributed by atoms with Crippen molar-refractivity contribution in [1.29, 1.82) is 0 Å². The smallest absolute Gasteiger partial charge is 0.397 e. The number of hydrogen-bond acceptors (Lipinski definition) is 3. The first-order valence-electron chi connectivity index (χ1n) is 3.24. The molecule has 0 fully saturated rings. The van der Waals surface area contributed by atoms with E-state index in [0.717, 1.165) is 12.3 Å². The highest BCUT2D eigenvalue weighted by atomic mass is 19.4. The molecule has 13 heavy (non-hydrogen) atoms. The van der Waals surface area contributed by atoms with E-state index in [-0.39, 0.29) is 5.69 Å². The molecule has 0 saturated carbocycles. The van der Waals surface area contributed by atoms with Crippen molar-refractivity contribution in [2.75, 3.05) is 5.73 Å². The molecule has 0 bridgehead atoms. The Bertz CT molecular complexity index is 318. The van der Waals surface area contributed by atoms with Gasteiger partial charge in [0.15, 0.2) is 0 Å². The summed E-state index contributed by atoms with van der Waals surface area (Å²) in [4.78, 5) is 13.8. The monoisotopic (exact) mass is 190 g/mol. The molecule has 0 radical (unpaired) electrons. The number of ketones is 1. The van der Waals surface area contributed by atoms with Crippen LogP contribution in [0, 0.1) is 0 Å². The van der Waals surface area contributed by atoms with Crippen molar-refractivity contribution in [3.05, 3.63) is 24.0 Å². The maximum absolute atomic E-state index is 11.8. The predicted octanol–water partition coefficient (Wildman–Crippen LogP) is 1.41. The summed E-state index contributed by atoms with van der Waals surface area (Å²) < 4.78 is 35.4. The van der Waals surface area contributed by atoms with Gasteiger partial charge in [0.05, 0.1) is 11.9 Å². The summed E-state index contributed by atoms with van der Waals surface area (Å²) in [5, 5.41) is 0. The molecular weight excluding hydrogens is 185 g/mol. The molecule has 0 saturated heterocycles. The molecule has 2 N–H and O–H groups in total. The van der Waals surface area contributed by atoms with Gasteiger partial charge in [0.25, 0.3) is 5.78 Å². The van der Waals surface area contributed by atoms with Crippen LogP contribution in [-0.2, 0) is 0 Å². The van der Waals surface area contributed by atoms with Gasteiger partial charge in [-0.25, -0.2) is 0 Å². The second kappa shape index (κ2) is 3.04. The number of alkyl halides is 3. The van der Waals surface area contributed by atoms with Gasteiger partial charge in [-0.2, -0.15) is 13.2 Å². The van der Waals surface area contributed by atoms with Crippen LogP contribution in [0.4, 0.5) is 18.9 Å². The number of nitrogens with zero attached hydrogens (tertiary/aromatic N) is 1. The van der Waals surface area contributed by atoms with Gasteiger partial charge in [-0.3, -0.25) is 9.78 Å². The molecule has 0 unspecified atom stereocenters. The summed E-state index contributed by atoms with van der Waals surface area (Å²) in [6, 6.07) is 2.12. The van der Waals surface area contributed by atoms with Crippen LogP contribution in [0.5, 0.6) is 0 Å². The standard InChI is InChI=1S/C7H5F3N2O/c8-7(9,10)6(13)5-2-1-4(11)3-12-5/h1-3H,11H2. The number of pyridine rings is 1. The van der Waals surface area contributed by atoms with E-state index in [4.69, 9.17) is 5.73 Å². The number of halogens is 3. The molecule has 3 nitrogen and oxygen atoms in total. The van der Waals surface area contributed by atoms with Crippen LogP contribution in [0.25, 0.3) is 0 Å². The van der Waals surface area contributed by atoms with Crippen molar-refractivity contribution < 1.29 is 18.0 Å². The highest BCUT2D eigenvalue weighted by Crippen LogP contribution is 2.20. The third-order valence-corrected chi connectivity index (χ3v) is 1.28. The van der Waals surface area contributed by atoms with Crippen molar-refractivity contribution >= 4 is 11.5 Å². The third-order valence-electron chi connectivity index (χ3n) is 1.28. The zero-order valence-corrected chi connectivity index (χ0v) is 6.30. The van der Waals surface area contributed by atoms with Gasteiger partial charge in [0.2, 0.25) is 0 Å². The Labute approximate surface area is 71.4 Å². The molecule has 0 aromatic carbocycles. The first-order valence-corrected chi connectivity index (χ1v) is 3.24. The summed E-state index contributed by atoms with van der Waals surface area (Å²) >= 11 is 0. The molecule has 0 aliphatic rings. The van der Waals surface area contributed by atoms with Crippen LogP contribution in [-0.4, -0.2) is 16.9 Å². The zero-order chi connectivity index (χ0) is 10.1. The number of hydrogen-bond donors (Lipinski definition) is 1. The van der Waals surface area contributed by atoms with Crippen LogP contribution >= 0.6 is 0 Å². The Morgan fingerprint density at radius 2 is 2.00 bits per heavy atom. The van der Waals surface area contributed by atoms with Gasteiger partial charge in [-0.15, -0.1) is 0 Å². The van der Waals surface area contributed by atoms with Crippen molar-refractivity contribution in [1.82, 2.24) is 4.98 Å². The molecular formula is C7H5F3N2O. The van der Waals surface area contributed by atoms with Crippen LogP contribution in [0.15, 0.2) is 18.3 Å². The minimum Gasteiger partial charge on any atom is -0.397 e. The zero-order valence-electron chi connectivity index (χ0n) is 6.30. The minimum absolute atomic E-state index is 0.207. The van der Waals surface area contributed by atoms with E-state index < -0.39 is 17.7 Å². The van der Waals surface area contributed by atoms with Crippen molar-refractivity contribution in [3.63, 3.8) is 0 Å². The van der Waals surface area contributed by atoms with E-state index in [1.165, 1.54) is 6.07 Å². The Morgan fingerprint density at radius 3 is 2.38 bits per heavy atom. The number of aromatic nitrogens is 1. The van der Waals surface area contributed by atoms with Crippen LogP contribution in [0.1, 0.15) is 10.5 Å². The summed E-state index contributed by atoms with van der Waals surface area (Å²) in [5.74, 6) is -1.97. The molecule has 0 aliphatic carbocycles. The quantitative estimate of drug-likeness (QED) is 0.681. The lowest BCUT2D eigenvalue weighted by Crippen LogP contribution is -2.23. The van der Waals surface area contributed by atoms with E-state index in [9.17, 15) is 18.0 Å². The molecule has 70 valence electrons. The Morgan fingerprint density at radius 1 is 1.38 bits per heavy atom. The van der Waals surface area contributed by atoms with Gasteiger partial charge >= 0.3 is 6.18 Å². The highest BCUT2D eigenvalue weighted by Gasteiger charge is 2.40. The fourth-order valence-electron chi connectivity index (χ4n) is 0.685. The molecule has 1 aromatic rings. The molecule has 0 spiro atoms. The lowest BCUT2D eigenvalue weighted by Gasteiger charge is -2.03. The Balaban J connectivity index is 2.97. The number of nitrogen functional groups attached to an aromatic ring is 1. The van der Waals surface area contributed by atoms with E-state index in [1.54, 1.807) is 0 Å². The molecule has 0 amide bonds. The number of nitrogens with two attached hydrogens (primary N) is 1. The van der Waals surface area contributed by atoms with Crippen LogP contribution < -0.4 is 5.73 Å². The maximum atomic E-state index is 11.8. The van der Waals surface area contributed by atoms with Gasteiger partial charge in [-0.05, 0) is 12.1 Å². The Hall–Kier alpha value is -1.59. The van der Waals surface area contributed by atoms with Crippen LogP contribution in [0.3, 0.4) is 0 Å². The summed E-state index contributed by atoms with van der Waals surface area (Å²) in [5.41, 5.74) is 4.74. The van der Waals surface area contributed by atoms with Crippen molar-refractivity contribution in [3.8, 4) is 0 Å². The van der Waals surface area contributed by atoms with Gasteiger partial charge in [0, 0.05) is 0 Å². The lowest BCUT2D eigenvalue weighted by atomic mass is 10.2. The molecule has 1 aromatic heterocycles. The number of carbonyl (C=O) groups is 1. The molecule has 6 heteroatoms. The minimum atomic E-state index is -4.89. The highest BCUT2D eigenvalue weighted by molar-refractivity contribution is 5.98. The van der Waals surface area contributed by atoms with Crippen molar-refractivity contribution in [2.24, 2.45) is 0 Å². The number of carbonyl (C=O) groups excluding carboxylic acids is 1. The average Bonchev–Trinajstić information content (AvgIpc) is 2.03. The third kappa shape index (κ3) is 2.17. The number of anilines is 1. The summed E-state index contributed by atoms with van der Waals surface area (Å²) in [6.07, 6.45) is -3.89. The summed E-state index contributed by atoms with van der Waals surface area (Å²) in [7, 11) is 0. The van der Waals surface area contributed by atoms with E-state index in [0.29, 0.717) is 0 Å². The average molecular weight is 190 g/mol. The number of Topliss-reactive ketones (excluding diaryl/α,β-unsaturated/α-hetero) is 1. The molecule has 1 rings (SSSR count). The first kappa shape index (κ1) is 9.50. The van der Waals surface area contributed by atoms with E-state index in [1.807, 2.05) is 0 Å². The van der Waals surface area contributed by atoms with Crippen molar-refractivity contribution in [2.45, 2.75) is 6.18 Å². The molecule has 0 atom stereocenters. The normalized spacial score (nSPS) is 11.3. The second-order valence-corrected chi connectivity index (χ2v) is 2.30. The number of rotatable bonds is 1. The predicted molar refractivity (Wildman–Crippen MR) is 39.0 cm³/mol. The first-order chi connectivity index (χ1) is 5.91. The van der Waals surface area contributed by atoms with Gasteiger partial charge in [0.1, 0.15) is 5.69 Å². The fraction of sp³-hybridized carbons (Fsp3) is 0.143. The van der Waals surface area contributed by atoms with Gasteiger partial charge in [-0.1, -0.05) is 0 Å². The van der Waals surface area contributed by atoms with E-state index in [2.05, 4.69) is 4.98 Å². The Kier molecular flexibility index (Phi) is 2.22. The SMILES string of the molecule is Nc1ccc(C(=O)C(F)(F)F)nc1. The lowest BCUT2D eigenvalue weighted by molar-refractivity contribution is -0.0888. The molecule has 0 aliphatic heterocycles. The topological polar surface area (TPSA) is 56.0 Å². The largest absolute Gasteiger partial charge is 0.456 e. The van der Waals surface area contributed by atoms with E-state index >= 15 is 0 Å². The van der Waals surface area contributed by atoms with Crippen LogP contribution in [0.2, 0.25) is 0 Å². The van der Waals surface area contributed by atoms with Gasteiger partial charge < -0.3 is 5.73 Å². The molecule has 1 heterocycles. The summed E-state index contributed by atoms with van der Waals surface area (Å²) in [6.45, 7) is 0. The second-order valence-electron chi connectivity index (χ2n) is 2.30. The maximum Gasteiger partial charge on any atom is 0.456 e. The fourth-order valence-corrected chi connectivity index (χ4v) is 0.685.